The summed E-state index contributed by atoms with van der Waals surface area (Å²) < 4.78 is 13.3. The van der Waals surface area contributed by atoms with E-state index in [1.54, 1.807) is 0 Å². The van der Waals surface area contributed by atoms with Gasteiger partial charge in [0.15, 0.2) is 0 Å². The van der Waals surface area contributed by atoms with Gasteiger partial charge in [0.05, 0.1) is 12.1 Å². The molecule has 1 amide bonds. The van der Waals surface area contributed by atoms with Crippen molar-refractivity contribution in [1.82, 2.24) is 10.6 Å². The maximum atomic E-state index is 13.3. The molecule has 5 heteroatoms. The number of carbonyl (C=O) groups is 1. The lowest BCUT2D eigenvalue weighted by atomic mass is 9.94. The lowest BCUT2D eigenvalue weighted by Gasteiger charge is -2.27. The molecular formula is C15H30FN3O. The van der Waals surface area contributed by atoms with E-state index < -0.39 is 6.17 Å². The molecule has 0 aromatic rings. The van der Waals surface area contributed by atoms with Crippen molar-refractivity contribution in [3.63, 3.8) is 0 Å². The zero-order chi connectivity index (χ0) is 15.0. The van der Waals surface area contributed by atoms with Crippen LogP contribution in [-0.4, -0.2) is 37.8 Å². The van der Waals surface area contributed by atoms with Crippen LogP contribution in [-0.2, 0) is 4.79 Å². The summed E-state index contributed by atoms with van der Waals surface area (Å²) in [5.74, 6) is 0.424. The summed E-state index contributed by atoms with van der Waals surface area (Å²) in [7, 11) is 0. The molecular weight excluding hydrogens is 257 g/mol. The van der Waals surface area contributed by atoms with E-state index in [-0.39, 0.29) is 17.9 Å². The van der Waals surface area contributed by atoms with E-state index in [1.165, 1.54) is 0 Å². The molecule has 0 radical (unpaired) electrons. The molecule has 118 valence electrons. The van der Waals surface area contributed by atoms with Crippen molar-refractivity contribution in [3.05, 3.63) is 0 Å². The number of amides is 1. The summed E-state index contributed by atoms with van der Waals surface area (Å²) in [5, 5.41) is 6.19. The second-order valence-corrected chi connectivity index (χ2v) is 5.95. The molecule has 0 aromatic heterocycles. The Hall–Kier alpha value is -0.680. The van der Waals surface area contributed by atoms with Gasteiger partial charge in [-0.05, 0) is 31.6 Å². The maximum Gasteiger partial charge on any atom is 0.224 e. The normalized spacial score (nSPS) is 26.0. The number of hydrogen-bond donors (Lipinski definition) is 3. The molecule has 4 nitrogen and oxygen atoms in total. The SMILES string of the molecule is CCC(CC[C@H](F)CC)CNC(=O)C1CNCC(N)C1. The van der Waals surface area contributed by atoms with Crippen molar-refractivity contribution >= 4 is 5.91 Å². The highest BCUT2D eigenvalue weighted by Crippen LogP contribution is 2.16. The topological polar surface area (TPSA) is 67.2 Å². The number of piperidine rings is 1. The van der Waals surface area contributed by atoms with E-state index in [4.69, 9.17) is 5.73 Å². The van der Waals surface area contributed by atoms with Crippen LogP contribution >= 0.6 is 0 Å². The third-order valence-corrected chi connectivity index (χ3v) is 4.23. The van der Waals surface area contributed by atoms with Crippen molar-refractivity contribution in [3.8, 4) is 0 Å². The molecule has 3 unspecified atom stereocenters. The van der Waals surface area contributed by atoms with Crippen LogP contribution in [0.15, 0.2) is 0 Å². The largest absolute Gasteiger partial charge is 0.356 e. The van der Waals surface area contributed by atoms with Crippen LogP contribution in [0, 0.1) is 11.8 Å². The van der Waals surface area contributed by atoms with Crippen molar-refractivity contribution in [2.45, 2.75) is 58.2 Å². The lowest BCUT2D eigenvalue weighted by molar-refractivity contribution is -0.125. The summed E-state index contributed by atoms with van der Waals surface area (Å²) in [6.07, 6.45) is 3.03. The number of alkyl halides is 1. The Balaban J connectivity index is 2.26. The molecule has 0 aliphatic carbocycles. The zero-order valence-corrected chi connectivity index (χ0v) is 12.8. The van der Waals surface area contributed by atoms with E-state index >= 15 is 0 Å². The fraction of sp³-hybridized carbons (Fsp3) is 0.933. The van der Waals surface area contributed by atoms with Gasteiger partial charge in [-0.2, -0.15) is 0 Å². The molecule has 0 bridgehead atoms. The standard InChI is InChI=1S/C15H30FN3O/c1-3-11(5-6-13(16)4-2)8-19-15(20)12-7-14(17)10-18-9-12/h11-14,18H,3-10,17H2,1-2H3,(H,19,20)/t11?,12?,13-,14?/m1/s1. The van der Waals surface area contributed by atoms with Crippen molar-refractivity contribution in [2.75, 3.05) is 19.6 Å². The van der Waals surface area contributed by atoms with Crippen molar-refractivity contribution in [1.29, 1.82) is 0 Å². The van der Waals surface area contributed by atoms with E-state index in [1.807, 2.05) is 6.92 Å². The van der Waals surface area contributed by atoms with Crippen LogP contribution in [0.5, 0.6) is 0 Å². The molecule has 0 spiro atoms. The smallest absolute Gasteiger partial charge is 0.224 e. The molecule has 1 rings (SSSR count). The van der Waals surface area contributed by atoms with Crippen LogP contribution < -0.4 is 16.4 Å². The number of nitrogens with one attached hydrogen (secondary N) is 2. The van der Waals surface area contributed by atoms with Gasteiger partial charge in [-0.25, -0.2) is 4.39 Å². The minimum Gasteiger partial charge on any atom is -0.356 e. The third-order valence-electron chi connectivity index (χ3n) is 4.23. The van der Waals surface area contributed by atoms with Gasteiger partial charge in [0.25, 0.3) is 0 Å². The van der Waals surface area contributed by atoms with Crippen molar-refractivity contribution in [2.24, 2.45) is 17.6 Å². The third kappa shape index (κ3) is 6.18. The Morgan fingerprint density at radius 3 is 2.70 bits per heavy atom. The van der Waals surface area contributed by atoms with Crippen LogP contribution in [0.1, 0.15) is 46.0 Å². The molecule has 0 saturated carbocycles. The van der Waals surface area contributed by atoms with Gasteiger partial charge in [0.1, 0.15) is 0 Å². The number of rotatable bonds is 8. The fourth-order valence-electron chi connectivity index (χ4n) is 2.64. The molecule has 1 saturated heterocycles. The average molecular weight is 287 g/mol. The minimum absolute atomic E-state index is 0.0270. The van der Waals surface area contributed by atoms with Crippen LogP contribution in [0.3, 0.4) is 0 Å². The molecule has 1 fully saturated rings. The van der Waals surface area contributed by atoms with Crippen LogP contribution in [0.2, 0.25) is 0 Å². The summed E-state index contributed by atoms with van der Waals surface area (Å²) in [6.45, 7) is 6.10. The summed E-state index contributed by atoms with van der Waals surface area (Å²) in [4.78, 5) is 12.1. The van der Waals surface area contributed by atoms with Crippen molar-refractivity contribution < 1.29 is 9.18 Å². The Kier molecular flexibility index (Phi) is 8.07. The number of hydrogen-bond acceptors (Lipinski definition) is 3. The second kappa shape index (κ2) is 9.29. The van der Waals surface area contributed by atoms with Gasteiger partial charge < -0.3 is 16.4 Å². The maximum absolute atomic E-state index is 13.3. The van der Waals surface area contributed by atoms with Gasteiger partial charge in [0.2, 0.25) is 5.91 Å². The van der Waals surface area contributed by atoms with Gasteiger partial charge in [0, 0.05) is 25.7 Å². The summed E-state index contributed by atoms with van der Waals surface area (Å²) in [6, 6.07) is 0.0679. The average Bonchev–Trinajstić information content (AvgIpc) is 2.46. The molecule has 1 aliphatic rings. The summed E-state index contributed by atoms with van der Waals surface area (Å²) in [5.41, 5.74) is 5.86. The first-order chi connectivity index (χ1) is 9.56. The first-order valence-corrected chi connectivity index (χ1v) is 7.94. The van der Waals surface area contributed by atoms with E-state index in [0.717, 1.165) is 25.8 Å². The molecule has 1 heterocycles. The molecule has 1 aliphatic heterocycles. The molecule has 4 atom stereocenters. The monoisotopic (exact) mass is 287 g/mol. The van der Waals surface area contributed by atoms with Gasteiger partial charge in [-0.3, -0.25) is 4.79 Å². The Morgan fingerprint density at radius 2 is 2.10 bits per heavy atom. The van der Waals surface area contributed by atoms with E-state index in [9.17, 15) is 9.18 Å². The molecule has 0 aromatic carbocycles. The first kappa shape index (κ1) is 17.4. The highest BCUT2D eigenvalue weighted by atomic mass is 19.1. The lowest BCUT2D eigenvalue weighted by Crippen LogP contribution is -2.49. The van der Waals surface area contributed by atoms with Gasteiger partial charge in [-0.1, -0.05) is 20.3 Å². The highest BCUT2D eigenvalue weighted by molar-refractivity contribution is 5.79. The number of nitrogens with two attached hydrogens (primary N) is 1. The molecule has 20 heavy (non-hydrogen) atoms. The first-order valence-electron chi connectivity index (χ1n) is 7.94. The summed E-state index contributed by atoms with van der Waals surface area (Å²) >= 11 is 0. The van der Waals surface area contributed by atoms with E-state index in [2.05, 4.69) is 17.6 Å². The molecule has 4 N–H and O–H groups in total. The minimum atomic E-state index is -0.708. The highest BCUT2D eigenvalue weighted by Gasteiger charge is 2.25. The Morgan fingerprint density at radius 1 is 1.35 bits per heavy atom. The zero-order valence-electron chi connectivity index (χ0n) is 12.8. The number of halogens is 1. The van der Waals surface area contributed by atoms with Gasteiger partial charge >= 0.3 is 0 Å². The second-order valence-electron chi connectivity index (χ2n) is 5.95. The van der Waals surface area contributed by atoms with Gasteiger partial charge in [-0.15, -0.1) is 0 Å². The van der Waals surface area contributed by atoms with Crippen LogP contribution in [0.25, 0.3) is 0 Å². The predicted molar refractivity (Wildman–Crippen MR) is 80.2 cm³/mol. The Bertz CT molecular complexity index is 288. The van der Waals surface area contributed by atoms with Crippen LogP contribution in [0.4, 0.5) is 4.39 Å². The Labute approximate surface area is 122 Å². The number of carbonyl (C=O) groups excluding carboxylic acids is 1. The fourth-order valence-corrected chi connectivity index (χ4v) is 2.64. The van der Waals surface area contributed by atoms with E-state index in [0.29, 0.717) is 31.8 Å². The predicted octanol–water partition coefficient (Wildman–Crippen LogP) is 1.59. The quantitative estimate of drug-likeness (QED) is 0.635.